The van der Waals surface area contributed by atoms with Crippen LogP contribution in [-0.2, 0) is 6.42 Å². The summed E-state index contributed by atoms with van der Waals surface area (Å²) < 4.78 is 0. The van der Waals surface area contributed by atoms with Crippen molar-refractivity contribution in [1.82, 2.24) is 0 Å². The van der Waals surface area contributed by atoms with Crippen LogP contribution in [0.1, 0.15) is 31.9 Å². The summed E-state index contributed by atoms with van der Waals surface area (Å²) >= 11 is 0. The van der Waals surface area contributed by atoms with Crippen LogP contribution in [-0.4, -0.2) is 0 Å². The zero-order valence-electron chi connectivity index (χ0n) is 20.4. The Morgan fingerprint density at radius 3 is 2.19 bits per heavy atom. The van der Waals surface area contributed by atoms with Crippen LogP contribution in [0.4, 0.5) is 0 Å². The molecule has 0 radical (unpaired) electrons. The number of allylic oxidation sites excluding steroid dienone is 8. The van der Waals surface area contributed by atoms with Crippen molar-refractivity contribution in [3.05, 3.63) is 126 Å². The van der Waals surface area contributed by atoms with Gasteiger partial charge in [-0.2, -0.15) is 0 Å². The highest BCUT2D eigenvalue weighted by Crippen LogP contribution is 2.51. The quantitative estimate of drug-likeness (QED) is 0.192. The molecule has 0 bridgehead atoms. The highest BCUT2D eigenvalue weighted by molar-refractivity contribution is 6.28. The molecule has 0 heterocycles. The van der Waals surface area contributed by atoms with Crippen LogP contribution in [0.3, 0.4) is 0 Å². The number of hydrogen-bond donors (Lipinski definition) is 0. The molecule has 8 rings (SSSR count). The van der Waals surface area contributed by atoms with E-state index >= 15 is 0 Å². The Morgan fingerprint density at radius 2 is 1.35 bits per heavy atom. The molecule has 0 heteroatoms. The number of fused-ring (bicyclic) bond motifs is 8. The molecule has 0 aromatic heterocycles. The molecule has 1 atom stereocenters. The van der Waals surface area contributed by atoms with Gasteiger partial charge in [0.05, 0.1) is 0 Å². The predicted molar refractivity (Wildman–Crippen MR) is 162 cm³/mol. The topological polar surface area (TPSA) is 0 Å². The van der Waals surface area contributed by atoms with Crippen molar-refractivity contribution in [3.8, 4) is 22.3 Å². The van der Waals surface area contributed by atoms with E-state index in [-0.39, 0.29) is 7.43 Å². The van der Waals surface area contributed by atoms with Crippen molar-refractivity contribution >= 4 is 37.9 Å². The fraction of sp³-hybridized carbons (Fsp3) is 0.135. The Labute approximate surface area is 219 Å². The number of hydrogen-bond acceptors (Lipinski definition) is 0. The summed E-state index contributed by atoms with van der Waals surface area (Å²) in [5.74, 6) is 0.408. The van der Waals surface area contributed by atoms with E-state index in [1.165, 1.54) is 76.8 Å². The monoisotopic (exact) mass is 474 g/mol. The van der Waals surface area contributed by atoms with Crippen LogP contribution in [0.2, 0.25) is 0 Å². The van der Waals surface area contributed by atoms with Gasteiger partial charge in [0, 0.05) is 0 Å². The normalized spacial score (nSPS) is 21.8. The first-order chi connectivity index (χ1) is 17.8. The summed E-state index contributed by atoms with van der Waals surface area (Å²) in [7, 11) is 0. The lowest BCUT2D eigenvalue weighted by Gasteiger charge is -2.26. The van der Waals surface area contributed by atoms with Crippen LogP contribution < -0.4 is 0 Å². The highest BCUT2D eigenvalue weighted by Gasteiger charge is 2.26. The van der Waals surface area contributed by atoms with Crippen molar-refractivity contribution in [3.63, 3.8) is 0 Å². The molecule has 0 saturated carbocycles. The molecule has 3 aliphatic rings. The maximum atomic E-state index is 2.50. The first-order valence-electron chi connectivity index (χ1n) is 13.1. The first kappa shape index (κ1) is 22.1. The van der Waals surface area contributed by atoms with Crippen LogP contribution in [0.25, 0.3) is 60.1 Å². The maximum Gasteiger partial charge on any atom is -0.00161 e. The van der Waals surface area contributed by atoms with Crippen molar-refractivity contribution in [2.24, 2.45) is 5.92 Å². The molecule has 0 aliphatic heterocycles. The van der Waals surface area contributed by atoms with Crippen molar-refractivity contribution in [2.45, 2.75) is 27.2 Å². The first-order valence-corrected chi connectivity index (χ1v) is 13.1. The Bertz CT molecular complexity index is 1890. The van der Waals surface area contributed by atoms with E-state index in [2.05, 4.69) is 116 Å². The van der Waals surface area contributed by atoms with Gasteiger partial charge in [0.1, 0.15) is 0 Å². The van der Waals surface area contributed by atoms with E-state index in [1.807, 2.05) is 0 Å². The van der Waals surface area contributed by atoms with Crippen LogP contribution in [0, 0.1) is 5.92 Å². The average molecular weight is 475 g/mol. The second kappa shape index (κ2) is 8.18. The smallest absolute Gasteiger partial charge is 0.00161 e. The Morgan fingerprint density at radius 1 is 0.649 bits per heavy atom. The van der Waals surface area contributed by atoms with Gasteiger partial charge in [0.2, 0.25) is 0 Å². The van der Waals surface area contributed by atoms with E-state index in [0.29, 0.717) is 5.92 Å². The molecule has 37 heavy (non-hydrogen) atoms. The van der Waals surface area contributed by atoms with Crippen LogP contribution in [0.15, 0.2) is 115 Å². The molecular formula is C37H30. The van der Waals surface area contributed by atoms with Gasteiger partial charge in [0.15, 0.2) is 0 Å². The van der Waals surface area contributed by atoms with E-state index < -0.39 is 0 Å². The minimum Gasteiger partial charge on any atom is -0.0807 e. The summed E-state index contributed by atoms with van der Waals surface area (Å²) in [5, 5.41) is 8.36. The molecule has 0 fully saturated rings. The zero-order valence-corrected chi connectivity index (χ0v) is 20.4. The van der Waals surface area contributed by atoms with Gasteiger partial charge in [-0.15, -0.1) is 0 Å². The maximum absolute atomic E-state index is 2.50. The van der Waals surface area contributed by atoms with Crippen molar-refractivity contribution in [2.75, 3.05) is 0 Å². The van der Waals surface area contributed by atoms with Gasteiger partial charge < -0.3 is 0 Å². The Balaban J connectivity index is 0.00000231. The average Bonchev–Trinajstić information content (AvgIpc) is 3.23. The lowest BCUT2D eigenvalue weighted by molar-refractivity contribution is 0.921. The molecule has 0 amide bonds. The molecule has 0 saturated heterocycles. The van der Waals surface area contributed by atoms with Crippen molar-refractivity contribution < 1.29 is 0 Å². The molecule has 0 N–H and O–H groups in total. The third kappa shape index (κ3) is 3.09. The highest BCUT2D eigenvalue weighted by atomic mass is 14.3. The zero-order chi connectivity index (χ0) is 23.8. The molecule has 178 valence electrons. The van der Waals surface area contributed by atoms with Gasteiger partial charge in [-0.05, 0) is 108 Å². The fourth-order valence-electron chi connectivity index (χ4n) is 6.83. The molecule has 1 unspecified atom stereocenters. The summed E-state index contributed by atoms with van der Waals surface area (Å²) in [6.07, 6.45) is 15.8. The van der Waals surface area contributed by atoms with Crippen molar-refractivity contribution in [1.29, 1.82) is 0 Å². The molecular weight excluding hydrogens is 444 g/mol. The lowest BCUT2D eigenvalue weighted by Crippen LogP contribution is -2.06. The van der Waals surface area contributed by atoms with Gasteiger partial charge in [-0.25, -0.2) is 0 Å². The lowest BCUT2D eigenvalue weighted by atomic mass is 9.78. The Kier molecular flexibility index (Phi) is 4.88. The number of rotatable bonds is 0. The number of benzene rings is 5. The molecule has 5 aromatic rings. The summed E-state index contributed by atoms with van der Waals surface area (Å²) in [6, 6.07) is 27.7. The minimum absolute atomic E-state index is 0. The predicted octanol–water partition coefficient (Wildman–Crippen LogP) is 10.4. The Hall–Kier alpha value is -4.16. The van der Waals surface area contributed by atoms with E-state index in [1.54, 1.807) is 0 Å². The van der Waals surface area contributed by atoms with Gasteiger partial charge >= 0.3 is 0 Å². The van der Waals surface area contributed by atoms with Gasteiger partial charge in [-0.1, -0.05) is 111 Å². The third-order valence-corrected chi connectivity index (χ3v) is 8.31. The second-order valence-corrected chi connectivity index (χ2v) is 10.5. The van der Waals surface area contributed by atoms with Gasteiger partial charge in [-0.3, -0.25) is 0 Å². The fourth-order valence-corrected chi connectivity index (χ4v) is 6.83. The second-order valence-electron chi connectivity index (χ2n) is 10.5. The third-order valence-electron chi connectivity index (χ3n) is 8.31. The van der Waals surface area contributed by atoms with E-state index in [9.17, 15) is 0 Å². The standard InChI is InChI=1S/C36H26.CH4/c1-22-10-4-2-3-5-11-25-23(18-22)19-24-20-32-31-17-9-15-29-26-12-6-7-13-27(26)34(36(29)31)21-33(32)30-16-8-14-28(25)35(24)30;/h2-4,6-18,20-22H,5,19H2,1H3;1H4/b3-2-,10-4-,23-18-,25-11+;. The minimum atomic E-state index is 0. The van der Waals surface area contributed by atoms with Crippen LogP contribution in [0.5, 0.6) is 0 Å². The largest absolute Gasteiger partial charge is 0.0807 e. The summed E-state index contributed by atoms with van der Waals surface area (Å²) in [6.45, 7) is 2.29. The van der Waals surface area contributed by atoms with Gasteiger partial charge in [0.25, 0.3) is 0 Å². The summed E-state index contributed by atoms with van der Waals surface area (Å²) in [5.41, 5.74) is 11.2. The molecule has 5 aromatic carbocycles. The van der Waals surface area contributed by atoms with E-state index in [0.717, 1.165) is 12.8 Å². The summed E-state index contributed by atoms with van der Waals surface area (Å²) in [4.78, 5) is 0. The molecule has 0 spiro atoms. The SMILES string of the molecule is C.CC1/C=C\C=C/C/C=C2\C(=C/1)Cc1cc3c4cccc5c4c(cc3c3cccc2c13)-c1ccccc1-5. The van der Waals surface area contributed by atoms with E-state index in [4.69, 9.17) is 0 Å². The van der Waals surface area contributed by atoms with Crippen LogP contribution >= 0.6 is 0 Å². The molecule has 0 nitrogen and oxygen atoms in total. The molecule has 3 aliphatic carbocycles.